The number of halogens is 3. The van der Waals surface area contributed by atoms with E-state index in [1.807, 2.05) is 25.7 Å². The van der Waals surface area contributed by atoms with Crippen molar-refractivity contribution in [1.82, 2.24) is 20.2 Å². The van der Waals surface area contributed by atoms with Crippen LogP contribution in [0, 0.1) is 6.92 Å². The molecule has 9 heteroatoms. The largest absolute Gasteiger partial charge is 0.433 e. The van der Waals surface area contributed by atoms with Gasteiger partial charge in [-0.15, -0.1) is 0 Å². The summed E-state index contributed by atoms with van der Waals surface area (Å²) in [7, 11) is 0. The number of carbonyl (C=O) groups is 1. The molecule has 1 fully saturated rings. The first kappa shape index (κ1) is 19.4. The van der Waals surface area contributed by atoms with Crippen LogP contribution in [0.2, 0.25) is 0 Å². The van der Waals surface area contributed by atoms with E-state index in [1.165, 1.54) is 6.92 Å². The molecule has 140 valence electrons. The second-order valence-electron chi connectivity index (χ2n) is 6.52. The summed E-state index contributed by atoms with van der Waals surface area (Å²) >= 11 is 0. The fourth-order valence-corrected chi connectivity index (χ4v) is 2.77. The Kier molecular flexibility index (Phi) is 5.87. The highest BCUT2D eigenvalue weighted by molar-refractivity contribution is 5.81. The number of hydrogen-bond donors (Lipinski definition) is 1. The molecule has 1 amide bonds. The summed E-state index contributed by atoms with van der Waals surface area (Å²) in [4.78, 5) is 23.5. The third kappa shape index (κ3) is 5.04. The first-order valence-corrected chi connectivity index (χ1v) is 8.30. The summed E-state index contributed by atoms with van der Waals surface area (Å²) < 4.78 is 38.7. The lowest BCUT2D eigenvalue weighted by molar-refractivity contribution is -0.141. The molecule has 25 heavy (non-hydrogen) atoms. The molecule has 1 aliphatic rings. The van der Waals surface area contributed by atoms with Crippen molar-refractivity contribution in [2.24, 2.45) is 0 Å². The molecule has 1 aromatic rings. The van der Waals surface area contributed by atoms with Crippen molar-refractivity contribution >= 4 is 11.7 Å². The van der Waals surface area contributed by atoms with E-state index in [9.17, 15) is 18.0 Å². The van der Waals surface area contributed by atoms with Crippen LogP contribution in [0.1, 0.15) is 32.3 Å². The molecule has 1 saturated heterocycles. The van der Waals surface area contributed by atoms with E-state index >= 15 is 0 Å². The topological polar surface area (TPSA) is 61.4 Å². The Morgan fingerprint density at radius 2 is 1.76 bits per heavy atom. The molecule has 0 saturated carbocycles. The van der Waals surface area contributed by atoms with Crippen LogP contribution in [0.15, 0.2) is 6.07 Å². The normalized spacial score (nSPS) is 17.7. The van der Waals surface area contributed by atoms with E-state index in [-0.39, 0.29) is 29.6 Å². The lowest BCUT2D eigenvalue weighted by atomic mass is 10.2. The molecule has 2 heterocycles. The maximum atomic E-state index is 12.9. The first-order chi connectivity index (χ1) is 11.6. The smallest absolute Gasteiger partial charge is 0.354 e. The van der Waals surface area contributed by atoms with E-state index < -0.39 is 11.9 Å². The van der Waals surface area contributed by atoms with E-state index in [4.69, 9.17) is 0 Å². The van der Waals surface area contributed by atoms with Crippen LogP contribution < -0.4 is 10.2 Å². The maximum absolute atomic E-state index is 12.9. The van der Waals surface area contributed by atoms with Gasteiger partial charge in [0.15, 0.2) is 0 Å². The van der Waals surface area contributed by atoms with Crippen LogP contribution in [0.25, 0.3) is 0 Å². The van der Waals surface area contributed by atoms with Crippen molar-refractivity contribution in [3.63, 3.8) is 0 Å². The lowest BCUT2D eigenvalue weighted by Crippen LogP contribution is -2.54. The third-order valence-corrected chi connectivity index (χ3v) is 4.11. The van der Waals surface area contributed by atoms with Crippen LogP contribution in [0.5, 0.6) is 0 Å². The number of nitrogens with zero attached hydrogens (tertiary/aromatic N) is 4. The highest BCUT2D eigenvalue weighted by Gasteiger charge is 2.34. The van der Waals surface area contributed by atoms with E-state index in [0.29, 0.717) is 26.2 Å². The fourth-order valence-electron chi connectivity index (χ4n) is 2.77. The van der Waals surface area contributed by atoms with Crippen LogP contribution in [-0.4, -0.2) is 59.0 Å². The Hall–Kier alpha value is -1.90. The number of hydrogen-bond acceptors (Lipinski definition) is 5. The second kappa shape index (κ2) is 7.55. The zero-order valence-corrected chi connectivity index (χ0v) is 14.9. The second-order valence-corrected chi connectivity index (χ2v) is 6.52. The zero-order valence-electron chi connectivity index (χ0n) is 14.9. The molecule has 1 N–H and O–H groups in total. The van der Waals surface area contributed by atoms with Gasteiger partial charge < -0.3 is 10.2 Å². The summed E-state index contributed by atoms with van der Waals surface area (Å²) in [6.45, 7) is 9.27. The predicted molar refractivity (Wildman–Crippen MR) is 88.3 cm³/mol. The molecule has 6 nitrogen and oxygen atoms in total. The maximum Gasteiger partial charge on any atom is 0.433 e. The SMILES string of the molecule is Cc1nc(N2CCN(C(C)C(=O)NC(C)C)CC2)cc(C(F)(F)F)n1. The molecule has 0 aliphatic carbocycles. The fraction of sp³-hybridized carbons (Fsp3) is 0.688. The average molecular weight is 359 g/mol. The van der Waals surface area contributed by atoms with Gasteiger partial charge in [-0.3, -0.25) is 9.69 Å². The van der Waals surface area contributed by atoms with Gasteiger partial charge in [-0.05, 0) is 27.7 Å². The standard InChI is InChI=1S/C16H24F3N5O/c1-10(2)20-15(25)11(3)23-5-7-24(8-6-23)14-9-13(16(17,18)19)21-12(4)22-14/h9-11H,5-8H2,1-4H3,(H,20,25). The summed E-state index contributed by atoms with van der Waals surface area (Å²) in [6.07, 6.45) is -4.49. The number of amides is 1. The molecule has 1 aliphatic heterocycles. The van der Waals surface area contributed by atoms with Crippen LogP contribution >= 0.6 is 0 Å². The Bertz CT molecular complexity index is 612. The van der Waals surface area contributed by atoms with Gasteiger partial charge in [-0.2, -0.15) is 13.2 Å². The number of aromatic nitrogens is 2. The number of rotatable bonds is 4. The highest BCUT2D eigenvalue weighted by atomic mass is 19.4. The first-order valence-electron chi connectivity index (χ1n) is 8.30. The molecule has 0 spiro atoms. The third-order valence-electron chi connectivity index (χ3n) is 4.11. The molecule has 1 unspecified atom stereocenters. The quantitative estimate of drug-likeness (QED) is 0.889. The van der Waals surface area contributed by atoms with Crippen molar-refractivity contribution in [2.45, 2.75) is 46.0 Å². The van der Waals surface area contributed by atoms with Crippen molar-refractivity contribution in [3.05, 3.63) is 17.6 Å². The molecule has 2 rings (SSSR count). The Morgan fingerprint density at radius 1 is 1.16 bits per heavy atom. The van der Waals surface area contributed by atoms with Gasteiger partial charge in [0.2, 0.25) is 5.91 Å². The minimum Gasteiger partial charge on any atom is -0.354 e. The van der Waals surface area contributed by atoms with E-state index in [0.717, 1.165) is 6.07 Å². The molecule has 1 aromatic heterocycles. The van der Waals surface area contributed by atoms with Gasteiger partial charge in [0, 0.05) is 38.3 Å². The minimum atomic E-state index is -4.49. The molecular weight excluding hydrogens is 335 g/mol. The van der Waals surface area contributed by atoms with E-state index in [1.54, 1.807) is 4.90 Å². The Balaban J connectivity index is 2.03. The summed E-state index contributed by atoms with van der Waals surface area (Å²) in [5, 5.41) is 2.87. The zero-order chi connectivity index (χ0) is 18.8. The minimum absolute atomic E-state index is 0.0410. The summed E-state index contributed by atoms with van der Waals surface area (Å²) in [6, 6.07) is 0.779. The average Bonchev–Trinajstić information content (AvgIpc) is 2.52. The number of aryl methyl sites for hydroxylation is 1. The number of anilines is 1. The number of carbonyl (C=O) groups excluding carboxylic acids is 1. The molecule has 1 atom stereocenters. The van der Waals surface area contributed by atoms with E-state index in [2.05, 4.69) is 15.3 Å². The van der Waals surface area contributed by atoms with Crippen molar-refractivity contribution < 1.29 is 18.0 Å². The lowest BCUT2D eigenvalue weighted by Gasteiger charge is -2.38. The van der Waals surface area contributed by atoms with Crippen LogP contribution in [-0.2, 0) is 11.0 Å². The number of piperazine rings is 1. The predicted octanol–water partition coefficient (Wildman–Crippen LogP) is 1.84. The van der Waals surface area contributed by atoms with Gasteiger partial charge in [0.1, 0.15) is 17.3 Å². The van der Waals surface area contributed by atoms with Gasteiger partial charge in [0.25, 0.3) is 0 Å². The van der Waals surface area contributed by atoms with Gasteiger partial charge in [-0.1, -0.05) is 0 Å². The highest BCUT2D eigenvalue weighted by Crippen LogP contribution is 2.30. The summed E-state index contributed by atoms with van der Waals surface area (Å²) in [5.74, 6) is 0.330. The van der Waals surface area contributed by atoms with Crippen LogP contribution in [0.4, 0.5) is 19.0 Å². The molecule has 0 radical (unpaired) electrons. The molecule has 0 bridgehead atoms. The van der Waals surface area contributed by atoms with Crippen molar-refractivity contribution in [2.75, 3.05) is 31.1 Å². The Morgan fingerprint density at radius 3 is 2.28 bits per heavy atom. The van der Waals surface area contributed by atoms with Gasteiger partial charge >= 0.3 is 6.18 Å². The number of nitrogens with one attached hydrogen (secondary N) is 1. The number of alkyl halides is 3. The van der Waals surface area contributed by atoms with Gasteiger partial charge in [0.05, 0.1) is 6.04 Å². The monoisotopic (exact) mass is 359 g/mol. The Labute approximate surface area is 145 Å². The van der Waals surface area contributed by atoms with Crippen LogP contribution in [0.3, 0.4) is 0 Å². The molecule has 0 aromatic carbocycles. The van der Waals surface area contributed by atoms with Crippen molar-refractivity contribution in [1.29, 1.82) is 0 Å². The van der Waals surface area contributed by atoms with Crippen molar-refractivity contribution in [3.8, 4) is 0 Å². The van der Waals surface area contributed by atoms with Gasteiger partial charge in [-0.25, -0.2) is 9.97 Å². The summed E-state index contributed by atoms with van der Waals surface area (Å²) in [5.41, 5.74) is -0.929. The molecular formula is C16H24F3N5O.